The maximum absolute atomic E-state index is 13.9. The molecular weight excluding hydrogens is 528 g/mol. The zero-order valence-corrected chi connectivity index (χ0v) is 25.2. The molecule has 11 heteroatoms. The van der Waals surface area contributed by atoms with E-state index in [9.17, 15) is 8.42 Å². The quantitative estimate of drug-likeness (QED) is 0.474. The first-order valence-electron chi connectivity index (χ1n) is 14.6. The normalized spacial score (nSPS) is 22.4. The van der Waals surface area contributed by atoms with E-state index in [0.29, 0.717) is 46.2 Å². The predicted molar refractivity (Wildman–Crippen MR) is 156 cm³/mol. The highest BCUT2D eigenvalue weighted by Crippen LogP contribution is 2.32. The lowest BCUT2D eigenvalue weighted by Crippen LogP contribution is -2.53. The van der Waals surface area contributed by atoms with E-state index in [1.54, 1.807) is 35.8 Å². The van der Waals surface area contributed by atoms with Gasteiger partial charge in [0.2, 0.25) is 21.9 Å². The molecule has 2 aromatic rings. The molecule has 0 N–H and O–H groups in total. The maximum atomic E-state index is 13.9. The van der Waals surface area contributed by atoms with Crippen LogP contribution in [0.25, 0.3) is 0 Å². The second kappa shape index (κ2) is 12.6. The molecule has 0 spiro atoms. The molecule has 3 saturated heterocycles. The summed E-state index contributed by atoms with van der Waals surface area (Å²) in [6, 6.07) is 5.75. The van der Waals surface area contributed by atoms with Crippen molar-refractivity contribution in [1.29, 1.82) is 0 Å². The van der Waals surface area contributed by atoms with Gasteiger partial charge in [-0.15, -0.1) is 0 Å². The second-order valence-electron chi connectivity index (χ2n) is 11.4. The van der Waals surface area contributed by atoms with Gasteiger partial charge in [-0.1, -0.05) is 6.42 Å². The lowest BCUT2D eigenvalue weighted by atomic mass is 10.0. The molecule has 3 aliphatic heterocycles. The van der Waals surface area contributed by atoms with Crippen molar-refractivity contribution in [2.24, 2.45) is 0 Å². The summed E-state index contributed by atoms with van der Waals surface area (Å²) < 4.78 is 40.8. The summed E-state index contributed by atoms with van der Waals surface area (Å²) in [6.07, 6.45) is 6.77. The van der Waals surface area contributed by atoms with Crippen LogP contribution in [0.2, 0.25) is 0 Å². The van der Waals surface area contributed by atoms with E-state index in [0.717, 1.165) is 45.4 Å². The largest absolute Gasteiger partial charge is 0.497 e. The van der Waals surface area contributed by atoms with Gasteiger partial charge in [0.25, 0.3) is 0 Å². The van der Waals surface area contributed by atoms with Crippen molar-refractivity contribution in [3.05, 3.63) is 35.5 Å². The van der Waals surface area contributed by atoms with Gasteiger partial charge in [0.05, 0.1) is 18.0 Å². The molecule has 3 aliphatic rings. The predicted octanol–water partition coefficient (Wildman–Crippen LogP) is 2.94. The van der Waals surface area contributed by atoms with Gasteiger partial charge in [-0.3, -0.25) is 4.90 Å². The van der Waals surface area contributed by atoms with Crippen LogP contribution in [0.4, 0.5) is 5.95 Å². The van der Waals surface area contributed by atoms with Crippen molar-refractivity contribution in [1.82, 2.24) is 24.1 Å². The van der Waals surface area contributed by atoms with Crippen LogP contribution in [-0.2, 0) is 10.0 Å². The minimum Gasteiger partial charge on any atom is -0.497 e. The smallest absolute Gasteiger partial charge is 0.243 e. The Morgan fingerprint density at radius 1 is 0.950 bits per heavy atom. The van der Waals surface area contributed by atoms with E-state index in [2.05, 4.69) is 26.7 Å². The van der Waals surface area contributed by atoms with E-state index in [4.69, 9.17) is 14.5 Å². The summed E-state index contributed by atoms with van der Waals surface area (Å²) in [5, 5.41) is 0. The lowest BCUT2D eigenvalue weighted by molar-refractivity contribution is 0.115. The average Bonchev–Trinajstić information content (AvgIpc) is 2.96. The number of sulfonamides is 1. The minimum atomic E-state index is -3.70. The fraction of sp³-hybridized carbons (Fsp3) is 0.655. The number of ether oxygens (including phenoxy) is 2. The SMILES string of the molecule is COc1cc(C)c(S(=O)(=O)N2CCCCC2COc2ccnc(N3CCN(C4CCN(C)CC4)CC3)n2)c(C)c1. The van der Waals surface area contributed by atoms with E-state index in [-0.39, 0.29) is 12.6 Å². The molecule has 0 bridgehead atoms. The molecule has 1 unspecified atom stereocenters. The van der Waals surface area contributed by atoms with Crippen LogP contribution in [0.1, 0.15) is 43.2 Å². The topological polar surface area (TPSA) is 91.3 Å². The number of likely N-dealkylation sites (tertiary alicyclic amines) is 1. The van der Waals surface area contributed by atoms with Gasteiger partial charge < -0.3 is 19.3 Å². The molecule has 0 radical (unpaired) electrons. The number of nitrogens with zero attached hydrogens (tertiary/aromatic N) is 6. The van der Waals surface area contributed by atoms with Crippen LogP contribution in [0.15, 0.2) is 29.3 Å². The molecule has 1 atom stereocenters. The summed E-state index contributed by atoms with van der Waals surface area (Å²) in [6.45, 7) is 10.6. The first kappa shape index (κ1) is 29.0. The van der Waals surface area contributed by atoms with Gasteiger partial charge in [0, 0.05) is 51.0 Å². The molecule has 4 heterocycles. The molecule has 1 aromatic carbocycles. The zero-order valence-electron chi connectivity index (χ0n) is 24.4. The molecule has 40 heavy (non-hydrogen) atoms. The Labute approximate surface area is 239 Å². The van der Waals surface area contributed by atoms with Crippen molar-refractivity contribution >= 4 is 16.0 Å². The fourth-order valence-electron chi connectivity index (χ4n) is 6.40. The van der Waals surface area contributed by atoms with Crippen LogP contribution in [0.3, 0.4) is 0 Å². The molecule has 3 fully saturated rings. The monoisotopic (exact) mass is 572 g/mol. The Morgan fingerprint density at radius 2 is 1.65 bits per heavy atom. The van der Waals surface area contributed by atoms with Crippen LogP contribution < -0.4 is 14.4 Å². The zero-order chi connectivity index (χ0) is 28.3. The Hall–Kier alpha value is -2.47. The third kappa shape index (κ3) is 6.37. The highest BCUT2D eigenvalue weighted by Gasteiger charge is 2.36. The van der Waals surface area contributed by atoms with Crippen LogP contribution in [0, 0.1) is 13.8 Å². The Balaban J connectivity index is 1.22. The van der Waals surface area contributed by atoms with Gasteiger partial charge >= 0.3 is 0 Å². The van der Waals surface area contributed by atoms with Crippen molar-refractivity contribution < 1.29 is 17.9 Å². The number of rotatable bonds is 8. The Kier molecular flexibility index (Phi) is 9.14. The van der Waals surface area contributed by atoms with Gasteiger partial charge in [0.15, 0.2) is 0 Å². The summed E-state index contributed by atoms with van der Waals surface area (Å²) in [7, 11) is 0.0996. The van der Waals surface area contributed by atoms with Crippen LogP contribution in [-0.4, -0.2) is 111 Å². The first-order chi connectivity index (χ1) is 19.3. The Bertz CT molecular complexity index is 1240. The van der Waals surface area contributed by atoms with E-state index in [1.165, 1.54) is 25.9 Å². The maximum Gasteiger partial charge on any atom is 0.243 e. The number of piperidine rings is 2. The van der Waals surface area contributed by atoms with E-state index >= 15 is 0 Å². The third-order valence-electron chi connectivity index (χ3n) is 8.65. The van der Waals surface area contributed by atoms with Crippen LogP contribution >= 0.6 is 0 Å². The summed E-state index contributed by atoms with van der Waals surface area (Å²) in [4.78, 5) is 16.9. The molecule has 10 nitrogen and oxygen atoms in total. The van der Waals surface area contributed by atoms with Crippen molar-refractivity contribution in [2.45, 2.75) is 62.9 Å². The molecule has 5 rings (SSSR count). The van der Waals surface area contributed by atoms with E-state index < -0.39 is 10.0 Å². The first-order valence-corrected chi connectivity index (χ1v) is 16.0. The van der Waals surface area contributed by atoms with Gasteiger partial charge in [-0.05, 0) is 82.9 Å². The minimum absolute atomic E-state index is 0.254. The number of piperazine rings is 1. The highest BCUT2D eigenvalue weighted by atomic mass is 32.2. The molecule has 220 valence electrons. The molecule has 1 aromatic heterocycles. The van der Waals surface area contributed by atoms with E-state index in [1.807, 2.05) is 13.8 Å². The van der Waals surface area contributed by atoms with Crippen molar-refractivity contribution in [2.75, 3.05) is 71.5 Å². The number of aromatic nitrogens is 2. The number of aryl methyl sites for hydroxylation is 2. The molecular formula is C29H44N6O4S. The molecule has 0 amide bonds. The third-order valence-corrected chi connectivity index (χ3v) is 10.9. The van der Waals surface area contributed by atoms with Gasteiger partial charge in [-0.25, -0.2) is 13.4 Å². The second-order valence-corrected chi connectivity index (χ2v) is 13.2. The molecule has 0 aliphatic carbocycles. The van der Waals surface area contributed by atoms with Gasteiger partial charge in [0.1, 0.15) is 12.4 Å². The summed E-state index contributed by atoms with van der Waals surface area (Å²) in [5.74, 6) is 1.83. The van der Waals surface area contributed by atoms with Crippen molar-refractivity contribution in [3.63, 3.8) is 0 Å². The molecule has 0 saturated carbocycles. The lowest BCUT2D eigenvalue weighted by Gasteiger charge is -2.42. The standard InChI is InChI=1S/C29H44N6O4S/c1-22-19-26(38-4)20-23(2)28(22)40(36,37)35-12-6-5-7-25(35)21-39-27-8-11-30-29(31-27)34-17-15-33(16-18-34)24-9-13-32(3)14-10-24/h8,11,19-20,24-25H,5-7,9-10,12-18,21H2,1-4H3. The number of hydrogen-bond donors (Lipinski definition) is 0. The summed E-state index contributed by atoms with van der Waals surface area (Å²) >= 11 is 0. The van der Waals surface area contributed by atoms with Crippen LogP contribution in [0.5, 0.6) is 11.6 Å². The Morgan fingerprint density at radius 3 is 2.33 bits per heavy atom. The van der Waals surface area contributed by atoms with Gasteiger partial charge in [-0.2, -0.15) is 9.29 Å². The highest BCUT2D eigenvalue weighted by molar-refractivity contribution is 7.89. The summed E-state index contributed by atoms with van der Waals surface area (Å²) in [5.41, 5.74) is 1.39. The average molecular weight is 573 g/mol. The number of methoxy groups -OCH3 is 1. The van der Waals surface area contributed by atoms with Crippen molar-refractivity contribution in [3.8, 4) is 11.6 Å². The number of anilines is 1. The fourth-order valence-corrected chi connectivity index (χ4v) is 8.50. The number of hydrogen-bond acceptors (Lipinski definition) is 9. The number of benzene rings is 1.